The second-order valence-electron chi connectivity index (χ2n) is 9.33. The van der Waals surface area contributed by atoms with Crippen LogP contribution < -0.4 is 4.74 Å². The van der Waals surface area contributed by atoms with Crippen molar-refractivity contribution in [3.8, 4) is 5.75 Å². The molecule has 2 aromatic carbocycles. The number of benzene rings is 2. The molecule has 2 aromatic rings. The monoisotopic (exact) mass is 348 g/mol. The topological polar surface area (TPSA) is 15.7 Å². The summed E-state index contributed by atoms with van der Waals surface area (Å²) in [7, 11) is 0. The fraction of sp³-hybridized carbons (Fsp3) is 0.478. The van der Waals surface area contributed by atoms with Crippen molar-refractivity contribution in [2.45, 2.75) is 33.0 Å². The molecule has 26 heavy (non-hydrogen) atoms. The summed E-state index contributed by atoms with van der Waals surface area (Å²) >= 11 is 0. The maximum atomic E-state index is 5.96. The lowest BCUT2D eigenvalue weighted by Crippen LogP contribution is -2.70. The van der Waals surface area contributed by atoms with Crippen molar-refractivity contribution in [2.24, 2.45) is 10.8 Å². The molecule has 136 valence electrons. The van der Waals surface area contributed by atoms with Crippen molar-refractivity contribution in [1.29, 1.82) is 0 Å². The zero-order chi connectivity index (χ0) is 17.8. The van der Waals surface area contributed by atoms with Gasteiger partial charge in [-0.15, -0.1) is 0 Å². The van der Waals surface area contributed by atoms with Gasteiger partial charge in [0.25, 0.3) is 0 Å². The molecule has 4 heterocycles. The molecule has 4 saturated heterocycles. The molecule has 4 aliphatic rings. The van der Waals surface area contributed by atoms with E-state index >= 15 is 0 Å². The van der Waals surface area contributed by atoms with Crippen LogP contribution in [-0.2, 0) is 6.61 Å². The van der Waals surface area contributed by atoms with Gasteiger partial charge in [-0.3, -0.25) is 9.80 Å². The van der Waals surface area contributed by atoms with Gasteiger partial charge in [-0.2, -0.15) is 0 Å². The number of hydrogen-bond acceptors (Lipinski definition) is 3. The van der Waals surface area contributed by atoms with Gasteiger partial charge in [0.15, 0.2) is 0 Å². The molecule has 4 aliphatic heterocycles. The quantitative estimate of drug-likeness (QED) is 0.819. The molecule has 4 bridgehead atoms. The maximum absolute atomic E-state index is 5.96. The largest absolute Gasteiger partial charge is 0.489 e. The van der Waals surface area contributed by atoms with Crippen LogP contribution in [0.4, 0.5) is 0 Å². The van der Waals surface area contributed by atoms with Crippen LogP contribution in [0.1, 0.15) is 37.6 Å². The van der Waals surface area contributed by atoms with E-state index in [9.17, 15) is 0 Å². The SMILES string of the molecule is CC12CN3CC(C)(CN(C1)C3c1ccc(OCc3ccccc3)cc1)C2. The second-order valence-corrected chi connectivity index (χ2v) is 9.33. The van der Waals surface area contributed by atoms with Crippen LogP contribution in [-0.4, -0.2) is 36.0 Å². The van der Waals surface area contributed by atoms with E-state index in [0.29, 0.717) is 23.6 Å². The van der Waals surface area contributed by atoms with Crippen LogP contribution >= 0.6 is 0 Å². The Bertz CT molecular complexity index is 750. The number of nitrogens with zero attached hydrogens (tertiary/aromatic N) is 2. The van der Waals surface area contributed by atoms with Gasteiger partial charge in [0.1, 0.15) is 12.4 Å². The summed E-state index contributed by atoms with van der Waals surface area (Å²) in [4.78, 5) is 5.41. The van der Waals surface area contributed by atoms with E-state index in [-0.39, 0.29) is 0 Å². The van der Waals surface area contributed by atoms with Gasteiger partial charge in [0, 0.05) is 26.2 Å². The minimum atomic E-state index is 0.444. The Kier molecular flexibility index (Phi) is 3.67. The Balaban J connectivity index is 1.31. The average Bonchev–Trinajstić information content (AvgIpc) is 2.59. The van der Waals surface area contributed by atoms with E-state index in [0.717, 1.165) is 5.75 Å². The molecule has 3 nitrogen and oxygen atoms in total. The molecule has 0 amide bonds. The van der Waals surface area contributed by atoms with Crippen molar-refractivity contribution in [1.82, 2.24) is 9.80 Å². The molecular formula is C23H28N2O. The van der Waals surface area contributed by atoms with Gasteiger partial charge in [-0.05, 0) is 40.5 Å². The predicted octanol–water partition coefficient (Wildman–Crippen LogP) is 4.31. The second kappa shape index (κ2) is 5.83. The Morgan fingerprint density at radius 2 is 1.42 bits per heavy atom. The van der Waals surface area contributed by atoms with E-state index in [4.69, 9.17) is 4.74 Å². The number of hydrogen-bond donors (Lipinski definition) is 0. The van der Waals surface area contributed by atoms with Crippen LogP contribution in [0.5, 0.6) is 5.75 Å². The highest BCUT2D eigenvalue weighted by Gasteiger charge is 2.56. The minimum Gasteiger partial charge on any atom is -0.489 e. The van der Waals surface area contributed by atoms with Crippen molar-refractivity contribution in [3.05, 3.63) is 65.7 Å². The number of rotatable bonds is 4. The third-order valence-corrected chi connectivity index (χ3v) is 6.31. The Morgan fingerprint density at radius 3 is 2.00 bits per heavy atom. The summed E-state index contributed by atoms with van der Waals surface area (Å²) in [6, 6.07) is 19.1. The Labute approximate surface area is 156 Å². The average molecular weight is 348 g/mol. The molecule has 0 aromatic heterocycles. The minimum absolute atomic E-state index is 0.444. The van der Waals surface area contributed by atoms with E-state index in [1.54, 1.807) is 0 Å². The van der Waals surface area contributed by atoms with Crippen LogP contribution in [0.15, 0.2) is 54.6 Å². The molecule has 0 radical (unpaired) electrons. The lowest BCUT2D eigenvalue weighted by Gasteiger charge is -2.66. The molecule has 4 fully saturated rings. The summed E-state index contributed by atoms with van der Waals surface area (Å²) in [5.41, 5.74) is 3.56. The van der Waals surface area contributed by atoms with Gasteiger partial charge in [-0.1, -0.05) is 56.3 Å². The maximum Gasteiger partial charge on any atom is 0.119 e. The predicted molar refractivity (Wildman–Crippen MR) is 104 cm³/mol. The van der Waals surface area contributed by atoms with Gasteiger partial charge in [-0.25, -0.2) is 0 Å². The molecule has 0 spiro atoms. The summed E-state index contributed by atoms with van der Waals surface area (Å²) in [5.74, 6) is 0.949. The lowest BCUT2D eigenvalue weighted by molar-refractivity contribution is -0.194. The summed E-state index contributed by atoms with van der Waals surface area (Å²) in [5, 5.41) is 0. The highest BCUT2D eigenvalue weighted by Crippen LogP contribution is 2.54. The van der Waals surface area contributed by atoms with E-state index in [2.05, 4.69) is 72.2 Å². The number of ether oxygens (including phenoxy) is 1. The first-order valence-corrected chi connectivity index (χ1v) is 9.77. The Morgan fingerprint density at radius 1 is 0.846 bits per heavy atom. The van der Waals surface area contributed by atoms with Crippen molar-refractivity contribution >= 4 is 0 Å². The highest BCUT2D eigenvalue weighted by molar-refractivity contribution is 5.31. The van der Waals surface area contributed by atoms with Gasteiger partial charge in [0.2, 0.25) is 0 Å². The van der Waals surface area contributed by atoms with Gasteiger partial charge in [0.05, 0.1) is 6.17 Å². The normalized spacial score (nSPS) is 37.7. The molecule has 3 heteroatoms. The molecular weight excluding hydrogens is 320 g/mol. The third-order valence-electron chi connectivity index (χ3n) is 6.31. The number of piperidine rings is 2. The highest BCUT2D eigenvalue weighted by atomic mass is 16.5. The lowest BCUT2D eigenvalue weighted by atomic mass is 9.63. The molecule has 0 unspecified atom stereocenters. The van der Waals surface area contributed by atoms with Crippen LogP contribution in [0.3, 0.4) is 0 Å². The smallest absolute Gasteiger partial charge is 0.119 e. The van der Waals surface area contributed by atoms with E-state index < -0.39 is 0 Å². The first kappa shape index (κ1) is 16.3. The fourth-order valence-corrected chi connectivity index (χ4v) is 5.90. The zero-order valence-electron chi connectivity index (χ0n) is 15.8. The first-order chi connectivity index (χ1) is 12.5. The van der Waals surface area contributed by atoms with E-state index in [1.807, 2.05) is 6.07 Å². The van der Waals surface area contributed by atoms with Crippen LogP contribution in [0, 0.1) is 10.8 Å². The van der Waals surface area contributed by atoms with Crippen molar-refractivity contribution in [3.63, 3.8) is 0 Å². The standard InChI is InChI=1S/C23H28N2O/c1-22-13-23(2)16-24(14-22)21(25(15-22)17-23)19-8-10-20(11-9-19)26-12-18-6-4-3-5-7-18/h3-11,21H,12-17H2,1-2H3. The van der Waals surface area contributed by atoms with Gasteiger partial charge < -0.3 is 4.74 Å². The molecule has 0 saturated carbocycles. The summed E-state index contributed by atoms with van der Waals surface area (Å²) in [6.07, 6.45) is 1.83. The van der Waals surface area contributed by atoms with E-state index in [1.165, 1.54) is 43.7 Å². The first-order valence-electron chi connectivity index (χ1n) is 9.77. The van der Waals surface area contributed by atoms with Crippen molar-refractivity contribution in [2.75, 3.05) is 26.2 Å². The van der Waals surface area contributed by atoms with Crippen molar-refractivity contribution < 1.29 is 4.74 Å². The molecule has 6 rings (SSSR count). The molecule has 0 N–H and O–H groups in total. The summed E-state index contributed by atoms with van der Waals surface area (Å²) < 4.78 is 5.96. The third kappa shape index (κ3) is 2.83. The van der Waals surface area contributed by atoms with Crippen LogP contribution in [0.25, 0.3) is 0 Å². The van der Waals surface area contributed by atoms with Crippen LogP contribution in [0.2, 0.25) is 0 Å². The molecule has 0 aliphatic carbocycles. The molecule has 0 atom stereocenters. The summed E-state index contributed by atoms with van der Waals surface area (Å²) in [6.45, 7) is 10.5. The van der Waals surface area contributed by atoms with Gasteiger partial charge >= 0.3 is 0 Å². The fourth-order valence-electron chi connectivity index (χ4n) is 5.90. The zero-order valence-corrected chi connectivity index (χ0v) is 15.8. The Hall–Kier alpha value is -1.84.